The number of carbonyl (C=O) groups excluding carboxylic acids is 2. The van der Waals surface area contributed by atoms with Crippen molar-refractivity contribution in [2.75, 3.05) is 12.9 Å². The van der Waals surface area contributed by atoms with Crippen LogP contribution in [0.25, 0.3) is 0 Å². The molecule has 2 saturated carbocycles. The van der Waals surface area contributed by atoms with Crippen LogP contribution >= 0.6 is 11.8 Å². The van der Waals surface area contributed by atoms with E-state index >= 15 is 0 Å². The summed E-state index contributed by atoms with van der Waals surface area (Å²) in [6, 6.07) is -2.01. The molecular weight excluding hydrogens is 440 g/mol. The number of esters is 1. The zero-order chi connectivity index (χ0) is 24.0. The number of aliphatic carboxylic acids is 1. The Hall–Kier alpha value is -1.28. The first kappa shape index (κ1) is 26.3. The normalized spacial score (nSPS) is 28.6. The monoisotopic (exact) mass is 482 g/mol. The summed E-state index contributed by atoms with van der Waals surface area (Å²) in [6.45, 7) is 3.85. The zero-order valence-corrected chi connectivity index (χ0v) is 21.3. The molecule has 1 heterocycles. The van der Waals surface area contributed by atoms with Crippen LogP contribution in [0.1, 0.15) is 84.5 Å². The van der Waals surface area contributed by atoms with E-state index in [4.69, 9.17) is 4.74 Å². The molecule has 188 valence electrons. The van der Waals surface area contributed by atoms with Gasteiger partial charge in [0.15, 0.2) is 0 Å². The fourth-order valence-electron chi connectivity index (χ4n) is 6.24. The average molecular weight is 483 g/mol. The van der Waals surface area contributed by atoms with Crippen LogP contribution in [0.4, 0.5) is 0 Å². The lowest BCUT2D eigenvalue weighted by molar-refractivity contribution is -0.152. The van der Waals surface area contributed by atoms with Gasteiger partial charge >= 0.3 is 11.9 Å². The molecule has 0 aromatic carbocycles. The van der Waals surface area contributed by atoms with Crippen LogP contribution in [0, 0.1) is 11.8 Å². The van der Waals surface area contributed by atoms with Crippen LogP contribution in [0.5, 0.6) is 0 Å². The van der Waals surface area contributed by atoms with Crippen LogP contribution < -0.4 is 5.32 Å². The van der Waals surface area contributed by atoms with Crippen LogP contribution in [0.2, 0.25) is 0 Å². The van der Waals surface area contributed by atoms with Gasteiger partial charge in [0, 0.05) is 11.3 Å². The highest BCUT2D eigenvalue weighted by molar-refractivity contribution is 7.99. The molecule has 6 unspecified atom stereocenters. The minimum absolute atomic E-state index is 0.00349. The number of rotatable bonds is 10. The molecule has 1 aliphatic heterocycles. The Bertz CT molecular complexity index is 684. The SMILES string of the molecule is CCOC(=O)C(NC(C)C(=O)N1C(C(=O)O)CC2CCCCC21)C(CC1CCCCC1)SC. The summed E-state index contributed by atoms with van der Waals surface area (Å²) < 4.78 is 5.39. The number of carbonyl (C=O) groups is 3. The molecule has 3 rings (SSSR count). The summed E-state index contributed by atoms with van der Waals surface area (Å²) >= 11 is 1.65. The van der Waals surface area contributed by atoms with Crippen molar-refractivity contribution in [3.05, 3.63) is 0 Å². The summed E-state index contributed by atoms with van der Waals surface area (Å²) in [4.78, 5) is 40.1. The standard InChI is InChI=1S/C25H42N2O5S/c1-4-32-25(31)22(21(33-3)14-17-10-6-5-7-11-17)26-16(2)23(28)27-19-13-9-8-12-18(19)15-20(27)24(29)30/h16-22,26H,4-15H2,1-3H3,(H,29,30). The van der Waals surface area contributed by atoms with E-state index in [0.717, 1.165) is 32.1 Å². The molecule has 2 aliphatic carbocycles. The quantitative estimate of drug-likeness (QED) is 0.457. The molecule has 1 amide bonds. The first-order chi connectivity index (χ1) is 15.9. The number of carboxylic acid groups (broad SMARTS) is 1. The number of thioether (sulfide) groups is 1. The Balaban J connectivity index is 1.74. The van der Waals surface area contributed by atoms with Gasteiger partial charge in [-0.1, -0.05) is 44.9 Å². The van der Waals surface area contributed by atoms with Gasteiger partial charge in [0.1, 0.15) is 12.1 Å². The second-order valence-corrected chi connectivity index (χ2v) is 11.2. The first-order valence-corrected chi connectivity index (χ1v) is 14.2. The van der Waals surface area contributed by atoms with Crippen LogP contribution in [-0.2, 0) is 19.1 Å². The predicted octanol–water partition coefficient (Wildman–Crippen LogP) is 3.84. The van der Waals surface area contributed by atoms with Gasteiger partial charge in [-0.05, 0) is 57.6 Å². The fraction of sp³-hybridized carbons (Fsp3) is 0.880. The third kappa shape index (κ3) is 6.44. The van der Waals surface area contributed by atoms with Crippen molar-refractivity contribution >= 4 is 29.6 Å². The highest BCUT2D eigenvalue weighted by atomic mass is 32.2. The predicted molar refractivity (Wildman–Crippen MR) is 130 cm³/mol. The maximum atomic E-state index is 13.6. The van der Waals surface area contributed by atoms with Crippen molar-refractivity contribution in [3.8, 4) is 0 Å². The second kappa shape index (κ2) is 12.4. The number of hydrogen-bond donors (Lipinski definition) is 2. The highest BCUT2D eigenvalue weighted by Gasteiger charge is 2.48. The van der Waals surface area contributed by atoms with Gasteiger partial charge in [0.2, 0.25) is 5.91 Å². The Labute approximate surface area is 202 Å². The van der Waals surface area contributed by atoms with E-state index < -0.39 is 24.1 Å². The Morgan fingerprint density at radius 3 is 2.39 bits per heavy atom. The maximum absolute atomic E-state index is 13.6. The van der Waals surface area contributed by atoms with E-state index in [2.05, 4.69) is 5.32 Å². The lowest BCUT2D eigenvalue weighted by Crippen LogP contribution is -2.57. The Morgan fingerprint density at radius 2 is 1.76 bits per heavy atom. The van der Waals surface area contributed by atoms with E-state index in [-0.39, 0.29) is 29.1 Å². The molecule has 8 heteroatoms. The fourth-order valence-corrected chi connectivity index (χ4v) is 7.17. The lowest BCUT2D eigenvalue weighted by Gasteiger charge is -2.36. The van der Waals surface area contributed by atoms with Gasteiger partial charge < -0.3 is 14.7 Å². The molecule has 33 heavy (non-hydrogen) atoms. The molecule has 2 N–H and O–H groups in total. The number of ether oxygens (including phenoxy) is 1. The molecule has 1 saturated heterocycles. The number of nitrogens with zero attached hydrogens (tertiary/aromatic N) is 1. The number of nitrogens with one attached hydrogen (secondary N) is 1. The average Bonchev–Trinajstić information content (AvgIpc) is 3.21. The van der Waals surface area contributed by atoms with Gasteiger partial charge in [-0.2, -0.15) is 11.8 Å². The molecule has 6 atom stereocenters. The van der Waals surface area contributed by atoms with Gasteiger partial charge in [-0.3, -0.25) is 14.9 Å². The largest absolute Gasteiger partial charge is 0.480 e. The zero-order valence-electron chi connectivity index (χ0n) is 20.5. The Kier molecular flexibility index (Phi) is 9.92. The van der Waals surface area contributed by atoms with Crippen LogP contribution in [0.3, 0.4) is 0 Å². The highest BCUT2D eigenvalue weighted by Crippen LogP contribution is 2.40. The molecule has 3 aliphatic rings. The third-order valence-corrected chi connectivity index (χ3v) is 9.00. The summed E-state index contributed by atoms with van der Waals surface area (Å²) in [5.74, 6) is -0.588. The van der Waals surface area contributed by atoms with E-state index in [9.17, 15) is 19.5 Å². The summed E-state index contributed by atoms with van der Waals surface area (Å²) in [7, 11) is 0. The Morgan fingerprint density at radius 1 is 1.09 bits per heavy atom. The summed E-state index contributed by atoms with van der Waals surface area (Å²) in [5.41, 5.74) is 0. The van der Waals surface area contributed by atoms with E-state index in [0.29, 0.717) is 18.9 Å². The van der Waals surface area contributed by atoms with Crippen LogP contribution in [0.15, 0.2) is 0 Å². The van der Waals surface area contributed by atoms with Crippen molar-refractivity contribution in [2.45, 2.75) is 114 Å². The number of hydrogen-bond acceptors (Lipinski definition) is 6. The molecular formula is C25H42N2O5S. The minimum Gasteiger partial charge on any atom is -0.480 e. The molecule has 0 aromatic rings. The van der Waals surface area contributed by atoms with Crippen molar-refractivity contribution in [1.82, 2.24) is 10.2 Å². The van der Waals surface area contributed by atoms with Crippen molar-refractivity contribution < 1.29 is 24.2 Å². The topological polar surface area (TPSA) is 95.9 Å². The number of likely N-dealkylation sites (tertiary alicyclic amines) is 1. The maximum Gasteiger partial charge on any atom is 0.326 e. The molecule has 3 fully saturated rings. The molecule has 0 radical (unpaired) electrons. The molecule has 7 nitrogen and oxygen atoms in total. The van der Waals surface area contributed by atoms with E-state index in [1.807, 2.05) is 6.26 Å². The van der Waals surface area contributed by atoms with Crippen molar-refractivity contribution in [1.29, 1.82) is 0 Å². The summed E-state index contributed by atoms with van der Waals surface area (Å²) in [5, 5.41) is 13.1. The molecule has 0 spiro atoms. The molecule has 0 bridgehead atoms. The van der Waals surface area contributed by atoms with E-state index in [1.54, 1.807) is 30.5 Å². The van der Waals surface area contributed by atoms with E-state index in [1.165, 1.54) is 32.1 Å². The third-order valence-electron chi connectivity index (χ3n) is 7.93. The van der Waals surface area contributed by atoms with Gasteiger partial charge in [0.05, 0.1) is 12.6 Å². The summed E-state index contributed by atoms with van der Waals surface area (Å²) in [6.07, 6.45) is 13.6. The first-order valence-electron chi connectivity index (χ1n) is 12.9. The van der Waals surface area contributed by atoms with Gasteiger partial charge in [-0.15, -0.1) is 0 Å². The molecule has 0 aromatic heterocycles. The van der Waals surface area contributed by atoms with Gasteiger partial charge in [-0.25, -0.2) is 4.79 Å². The van der Waals surface area contributed by atoms with Gasteiger partial charge in [0.25, 0.3) is 0 Å². The number of carboxylic acids is 1. The number of amides is 1. The lowest BCUT2D eigenvalue weighted by atomic mass is 9.84. The smallest absolute Gasteiger partial charge is 0.326 e. The second-order valence-electron chi connectivity index (χ2n) is 10.1. The van der Waals surface area contributed by atoms with Crippen molar-refractivity contribution in [2.24, 2.45) is 11.8 Å². The minimum atomic E-state index is -0.925. The number of fused-ring (bicyclic) bond motifs is 1. The van der Waals surface area contributed by atoms with Crippen LogP contribution in [-0.4, -0.2) is 70.1 Å². The van der Waals surface area contributed by atoms with Crippen molar-refractivity contribution in [3.63, 3.8) is 0 Å².